The van der Waals surface area contributed by atoms with Crippen molar-refractivity contribution in [2.24, 2.45) is 0 Å². The van der Waals surface area contributed by atoms with Gasteiger partial charge in [-0.3, -0.25) is 0 Å². The molecule has 9 rings (SSSR count). The van der Waals surface area contributed by atoms with E-state index >= 15 is 0 Å². The lowest BCUT2D eigenvalue weighted by Gasteiger charge is -2.31. The van der Waals surface area contributed by atoms with Crippen LogP contribution in [0.2, 0.25) is 0 Å². The highest BCUT2D eigenvalue weighted by atomic mass is 16.3. The largest absolute Gasteiger partial charge is 0.456 e. The van der Waals surface area contributed by atoms with Crippen molar-refractivity contribution in [2.75, 3.05) is 0 Å². The number of fused-ring (bicyclic) bond motifs is 8. The zero-order chi connectivity index (χ0) is 41.1. The average Bonchev–Trinajstić information content (AvgIpc) is 3.68. The van der Waals surface area contributed by atoms with Crippen molar-refractivity contribution in [3.05, 3.63) is 137 Å². The van der Waals surface area contributed by atoms with Gasteiger partial charge in [0.05, 0.1) is 0 Å². The van der Waals surface area contributed by atoms with Gasteiger partial charge in [0, 0.05) is 16.2 Å². The maximum absolute atomic E-state index is 6.39. The van der Waals surface area contributed by atoms with Crippen molar-refractivity contribution in [3.8, 4) is 33.4 Å². The van der Waals surface area contributed by atoms with Crippen LogP contribution in [0.25, 0.3) is 76.9 Å². The summed E-state index contributed by atoms with van der Waals surface area (Å²) < 4.78 is 6.39. The Bertz CT molecular complexity index is 3090. The molecule has 0 spiro atoms. The van der Waals surface area contributed by atoms with E-state index in [-0.39, 0.29) is 5.41 Å². The lowest BCUT2D eigenvalue weighted by Crippen LogP contribution is -2.19. The summed E-state index contributed by atoms with van der Waals surface area (Å²) in [4.78, 5) is 0. The van der Waals surface area contributed by atoms with Gasteiger partial charge < -0.3 is 4.42 Å². The molecule has 1 heteroatoms. The Kier molecular flexibility index (Phi) is 8.00. The molecule has 0 saturated carbocycles. The molecule has 0 N–H and O–H groups in total. The minimum atomic E-state index is -0.140. The molecule has 0 unspecified atom stereocenters. The van der Waals surface area contributed by atoms with Crippen molar-refractivity contribution in [2.45, 2.75) is 123 Å². The fourth-order valence-electron chi connectivity index (χ4n) is 11.7. The molecule has 288 valence electrons. The molecule has 0 atom stereocenters. The van der Waals surface area contributed by atoms with Crippen LogP contribution in [-0.2, 0) is 5.41 Å². The van der Waals surface area contributed by atoms with Crippen molar-refractivity contribution in [3.63, 3.8) is 0 Å². The normalized spacial score (nSPS) is 13.5. The Morgan fingerprint density at radius 3 is 1.28 bits per heavy atom. The third kappa shape index (κ3) is 4.58. The van der Waals surface area contributed by atoms with Crippen LogP contribution in [0.5, 0.6) is 0 Å². The van der Waals surface area contributed by atoms with Gasteiger partial charge in [0.25, 0.3) is 0 Å². The first kappa shape index (κ1) is 37.4. The van der Waals surface area contributed by atoms with Crippen LogP contribution in [0.3, 0.4) is 0 Å². The van der Waals surface area contributed by atoms with Crippen LogP contribution in [0, 0.1) is 104 Å². The first-order valence-electron chi connectivity index (χ1n) is 21.0. The van der Waals surface area contributed by atoms with Crippen LogP contribution in [0.4, 0.5) is 0 Å². The Hall–Kier alpha value is -5.14. The SMILES string of the molecule is Cc1c(C)c(C)c2c(c1C)-c1c(C)c(C)c(-c3c4c(C)c(C)c(C)c(C)c4c(-c4ccc5oc6ccccc6c5c4)c4c(C)c(C)c(C)c(C)c34)c(C)c1C2(C)C. The lowest BCUT2D eigenvalue weighted by atomic mass is 9.72. The summed E-state index contributed by atoms with van der Waals surface area (Å²) in [5, 5.41) is 7.90. The second kappa shape index (κ2) is 12.2. The molecule has 1 aliphatic rings. The van der Waals surface area contributed by atoms with Crippen LogP contribution in [0.1, 0.15) is 108 Å². The number of rotatable bonds is 2. The summed E-state index contributed by atoms with van der Waals surface area (Å²) in [5.41, 5.74) is 34.2. The second-order valence-electron chi connectivity index (χ2n) is 18.4. The summed E-state index contributed by atoms with van der Waals surface area (Å²) in [6, 6.07) is 15.4. The van der Waals surface area contributed by atoms with Crippen molar-refractivity contribution in [1.82, 2.24) is 0 Å². The van der Waals surface area contributed by atoms with Gasteiger partial charge in [-0.25, -0.2) is 0 Å². The minimum Gasteiger partial charge on any atom is -0.456 e. The lowest BCUT2D eigenvalue weighted by molar-refractivity contribution is 0.649. The molecule has 0 amide bonds. The maximum atomic E-state index is 6.39. The molecular weight excluding hydrogens is 689 g/mol. The molecule has 0 radical (unpaired) electrons. The summed E-state index contributed by atoms with van der Waals surface area (Å²) in [5.74, 6) is 0. The standard InChI is InChI=1S/C56H58O/c1-25-27(3)33(9)48-46(31(25)7)52(40-22-23-44-42(24-40)41-20-18-19-21-43(41)57-44)47-32(8)26(2)28(4)34(10)49(47)53(48)45-36(12)37(13)51-50-35(11)29(5)30(6)38(14)54(50)56(16,17)55(51)39(45)15/h18-24H,1-17H3. The molecule has 0 saturated heterocycles. The van der Waals surface area contributed by atoms with Gasteiger partial charge in [-0.05, 0) is 272 Å². The van der Waals surface area contributed by atoms with E-state index in [2.05, 4.69) is 160 Å². The Morgan fingerprint density at radius 1 is 0.333 bits per heavy atom. The van der Waals surface area contributed by atoms with Gasteiger partial charge in [0.1, 0.15) is 11.2 Å². The number of benzene rings is 7. The predicted octanol–water partition coefficient (Wildman–Crippen LogP) is 16.2. The molecule has 0 fully saturated rings. The molecule has 8 aromatic rings. The molecule has 1 aromatic heterocycles. The first-order chi connectivity index (χ1) is 26.8. The number of hydrogen-bond donors (Lipinski definition) is 0. The maximum Gasteiger partial charge on any atom is 0.135 e. The highest BCUT2D eigenvalue weighted by Gasteiger charge is 2.42. The van der Waals surface area contributed by atoms with E-state index in [1.165, 1.54) is 160 Å². The monoisotopic (exact) mass is 746 g/mol. The summed E-state index contributed by atoms with van der Waals surface area (Å²) in [6.45, 7) is 40.5. The van der Waals surface area contributed by atoms with E-state index in [1.807, 2.05) is 0 Å². The summed E-state index contributed by atoms with van der Waals surface area (Å²) in [6.07, 6.45) is 0. The van der Waals surface area contributed by atoms with Crippen LogP contribution >= 0.6 is 0 Å². The van der Waals surface area contributed by atoms with Crippen LogP contribution < -0.4 is 0 Å². The molecule has 1 heterocycles. The van der Waals surface area contributed by atoms with Crippen LogP contribution in [0.15, 0.2) is 46.9 Å². The number of para-hydroxylation sites is 1. The van der Waals surface area contributed by atoms with Gasteiger partial charge >= 0.3 is 0 Å². The molecule has 1 nitrogen and oxygen atoms in total. The summed E-state index contributed by atoms with van der Waals surface area (Å²) in [7, 11) is 0. The van der Waals surface area contributed by atoms with E-state index in [0.29, 0.717) is 0 Å². The number of aryl methyl sites for hydroxylation is 4. The van der Waals surface area contributed by atoms with Gasteiger partial charge in [0.2, 0.25) is 0 Å². The fraction of sp³-hybridized carbons (Fsp3) is 0.321. The van der Waals surface area contributed by atoms with Gasteiger partial charge in [-0.15, -0.1) is 0 Å². The minimum absolute atomic E-state index is 0.140. The average molecular weight is 747 g/mol. The van der Waals surface area contributed by atoms with E-state index in [0.717, 1.165) is 11.2 Å². The Labute approximate surface area is 340 Å². The number of hydrogen-bond acceptors (Lipinski definition) is 1. The van der Waals surface area contributed by atoms with Crippen molar-refractivity contribution >= 4 is 43.5 Å². The zero-order valence-electron chi connectivity index (χ0n) is 37.4. The molecular formula is C56H58O. The van der Waals surface area contributed by atoms with E-state index in [9.17, 15) is 0 Å². The second-order valence-corrected chi connectivity index (χ2v) is 18.4. The Morgan fingerprint density at radius 2 is 0.737 bits per heavy atom. The fourth-order valence-corrected chi connectivity index (χ4v) is 11.7. The molecule has 1 aliphatic carbocycles. The van der Waals surface area contributed by atoms with Gasteiger partial charge in [-0.1, -0.05) is 38.1 Å². The molecule has 0 aliphatic heterocycles. The van der Waals surface area contributed by atoms with Crippen molar-refractivity contribution < 1.29 is 4.42 Å². The van der Waals surface area contributed by atoms with E-state index in [1.54, 1.807) is 0 Å². The topological polar surface area (TPSA) is 13.1 Å². The smallest absolute Gasteiger partial charge is 0.135 e. The van der Waals surface area contributed by atoms with E-state index < -0.39 is 0 Å². The Balaban J connectivity index is 1.55. The van der Waals surface area contributed by atoms with Crippen molar-refractivity contribution in [1.29, 1.82) is 0 Å². The third-order valence-electron chi connectivity index (χ3n) is 15.8. The predicted molar refractivity (Wildman–Crippen MR) is 248 cm³/mol. The highest BCUT2D eigenvalue weighted by Crippen LogP contribution is 2.59. The molecule has 7 aromatic carbocycles. The summed E-state index contributed by atoms with van der Waals surface area (Å²) >= 11 is 0. The molecule has 0 bridgehead atoms. The highest BCUT2D eigenvalue weighted by molar-refractivity contribution is 6.26. The zero-order valence-corrected chi connectivity index (χ0v) is 37.4. The quantitative estimate of drug-likeness (QED) is 0.161. The van der Waals surface area contributed by atoms with Crippen LogP contribution in [-0.4, -0.2) is 0 Å². The van der Waals surface area contributed by atoms with Gasteiger partial charge in [0.15, 0.2) is 0 Å². The third-order valence-corrected chi connectivity index (χ3v) is 15.8. The molecule has 57 heavy (non-hydrogen) atoms. The van der Waals surface area contributed by atoms with Gasteiger partial charge in [-0.2, -0.15) is 0 Å². The van der Waals surface area contributed by atoms with E-state index in [4.69, 9.17) is 4.42 Å². The number of furan rings is 1. The first-order valence-corrected chi connectivity index (χ1v) is 21.0.